The van der Waals surface area contributed by atoms with Gasteiger partial charge in [-0.3, -0.25) is 4.98 Å². The Hall–Kier alpha value is -1.97. The molecule has 2 aromatic rings. The smallest absolute Gasteiger partial charge is 0.159 e. The Morgan fingerprint density at radius 3 is 2.50 bits per heavy atom. The third-order valence-electron chi connectivity index (χ3n) is 2.25. The number of nitrogens with two attached hydrogens (primary N) is 1. The number of halogens is 2. The molecule has 82 valence electrons. The Bertz CT molecular complexity index is 539. The molecule has 0 aliphatic carbocycles. The molecule has 2 nitrogen and oxygen atoms in total. The second-order valence-corrected chi connectivity index (χ2v) is 3.58. The van der Waals surface area contributed by atoms with Gasteiger partial charge in [0.25, 0.3) is 0 Å². The maximum absolute atomic E-state index is 13.0. The zero-order valence-electron chi connectivity index (χ0n) is 8.67. The van der Waals surface area contributed by atoms with Gasteiger partial charge >= 0.3 is 0 Å². The summed E-state index contributed by atoms with van der Waals surface area (Å²) in [5.41, 5.74) is 8.06. The van der Waals surface area contributed by atoms with E-state index in [1.807, 2.05) is 6.92 Å². The molecule has 0 saturated heterocycles. The molecule has 0 aliphatic rings. The fraction of sp³-hybridized carbons (Fsp3) is 0.0833. The lowest BCUT2D eigenvalue weighted by Crippen LogP contribution is -1.95. The van der Waals surface area contributed by atoms with Gasteiger partial charge in [-0.2, -0.15) is 0 Å². The van der Waals surface area contributed by atoms with Crippen molar-refractivity contribution in [1.29, 1.82) is 0 Å². The van der Waals surface area contributed by atoms with E-state index < -0.39 is 11.6 Å². The monoisotopic (exact) mass is 220 g/mol. The lowest BCUT2D eigenvalue weighted by molar-refractivity contribution is 0.509. The molecule has 2 N–H and O–H groups in total. The van der Waals surface area contributed by atoms with E-state index in [9.17, 15) is 8.78 Å². The van der Waals surface area contributed by atoms with Crippen LogP contribution in [0.4, 0.5) is 14.5 Å². The van der Waals surface area contributed by atoms with Gasteiger partial charge in [-0.15, -0.1) is 0 Å². The van der Waals surface area contributed by atoms with Crippen molar-refractivity contribution >= 4 is 5.69 Å². The first-order valence-corrected chi connectivity index (χ1v) is 4.75. The van der Waals surface area contributed by atoms with Gasteiger partial charge in [-0.25, -0.2) is 8.78 Å². The van der Waals surface area contributed by atoms with E-state index in [1.54, 1.807) is 12.3 Å². The number of benzene rings is 1. The van der Waals surface area contributed by atoms with E-state index in [0.717, 1.165) is 17.7 Å². The Kier molecular flexibility index (Phi) is 2.56. The van der Waals surface area contributed by atoms with Gasteiger partial charge in [0.1, 0.15) is 0 Å². The van der Waals surface area contributed by atoms with Crippen molar-refractivity contribution in [1.82, 2.24) is 4.98 Å². The van der Waals surface area contributed by atoms with E-state index in [2.05, 4.69) is 4.98 Å². The number of rotatable bonds is 1. The van der Waals surface area contributed by atoms with Crippen molar-refractivity contribution in [2.75, 3.05) is 5.73 Å². The summed E-state index contributed by atoms with van der Waals surface area (Å²) in [7, 11) is 0. The summed E-state index contributed by atoms with van der Waals surface area (Å²) in [6.07, 6.45) is 1.63. The van der Waals surface area contributed by atoms with Crippen LogP contribution in [0, 0.1) is 18.6 Å². The van der Waals surface area contributed by atoms with Crippen molar-refractivity contribution < 1.29 is 8.78 Å². The van der Waals surface area contributed by atoms with Gasteiger partial charge in [0.05, 0.1) is 11.4 Å². The minimum Gasteiger partial charge on any atom is -0.397 e. The molecule has 0 saturated carbocycles. The fourth-order valence-electron chi connectivity index (χ4n) is 1.48. The number of nitrogens with zero attached hydrogens (tertiary/aromatic N) is 1. The molecule has 0 unspecified atom stereocenters. The van der Waals surface area contributed by atoms with Gasteiger partial charge in [-0.1, -0.05) is 0 Å². The SMILES string of the molecule is Cc1cnc(-c2ccc(F)c(F)c2)c(N)c1. The molecule has 0 radical (unpaired) electrons. The van der Waals surface area contributed by atoms with E-state index in [4.69, 9.17) is 5.73 Å². The van der Waals surface area contributed by atoms with Crippen molar-refractivity contribution in [3.63, 3.8) is 0 Å². The summed E-state index contributed by atoms with van der Waals surface area (Å²) in [6.45, 7) is 1.86. The molecule has 16 heavy (non-hydrogen) atoms. The third-order valence-corrected chi connectivity index (χ3v) is 2.25. The lowest BCUT2D eigenvalue weighted by Gasteiger charge is -2.05. The van der Waals surface area contributed by atoms with Crippen LogP contribution in [0.1, 0.15) is 5.56 Å². The molecule has 0 fully saturated rings. The molecule has 0 atom stereocenters. The van der Waals surface area contributed by atoms with Crippen molar-refractivity contribution in [2.45, 2.75) is 6.92 Å². The largest absolute Gasteiger partial charge is 0.397 e. The predicted octanol–water partition coefficient (Wildman–Crippen LogP) is 2.92. The molecule has 1 heterocycles. The summed E-state index contributed by atoms with van der Waals surface area (Å²) in [6, 6.07) is 5.34. The first-order valence-electron chi connectivity index (χ1n) is 4.75. The molecule has 0 amide bonds. The summed E-state index contributed by atoms with van der Waals surface area (Å²) in [5, 5.41) is 0. The maximum Gasteiger partial charge on any atom is 0.159 e. The van der Waals surface area contributed by atoms with Gasteiger partial charge in [0.15, 0.2) is 11.6 Å². The van der Waals surface area contributed by atoms with Crippen LogP contribution in [0.5, 0.6) is 0 Å². The van der Waals surface area contributed by atoms with Crippen LogP contribution in [0.2, 0.25) is 0 Å². The highest BCUT2D eigenvalue weighted by atomic mass is 19.2. The number of hydrogen-bond acceptors (Lipinski definition) is 2. The molecule has 0 aliphatic heterocycles. The topological polar surface area (TPSA) is 38.9 Å². The zero-order valence-corrected chi connectivity index (χ0v) is 8.67. The number of nitrogen functional groups attached to an aromatic ring is 1. The number of pyridine rings is 1. The molecule has 0 spiro atoms. The highest BCUT2D eigenvalue weighted by molar-refractivity contribution is 5.72. The molecule has 4 heteroatoms. The van der Waals surface area contributed by atoms with Gasteiger partial charge in [0, 0.05) is 11.8 Å². The number of hydrogen-bond donors (Lipinski definition) is 1. The van der Waals surface area contributed by atoms with Crippen LogP contribution in [0.3, 0.4) is 0 Å². The van der Waals surface area contributed by atoms with Crippen LogP contribution in [0.15, 0.2) is 30.5 Å². The molecular weight excluding hydrogens is 210 g/mol. The van der Waals surface area contributed by atoms with E-state index >= 15 is 0 Å². The Morgan fingerprint density at radius 2 is 1.88 bits per heavy atom. The van der Waals surface area contributed by atoms with Gasteiger partial charge < -0.3 is 5.73 Å². The Morgan fingerprint density at radius 1 is 1.12 bits per heavy atom. The fourth-order valence-corrected chi connectivity index (χ4v) is 1.48. The second-order valence-electron chi connectivity index (χ2n) is 3.58. The number of anilines is 1. The first kappa shape index (κ1) is 10.5. The summed E-state index contributed by atoms with van der Waals surface area (Å²) < 4.78 is 25.8. The lowest BCUT2D eigenvalue weighted by atomic mass is 10.1. The highest BCUT2D eigenvalue weighted by Crippen LogP contribution is 2.25. The zero-order chi connectivity index (χ0) is 11.7. The third kappa shape index (κ3) is 1.86. The minimum absolute atomic E-state index is 0.450. The Balaban J connectivity index is 2.54. The van der Waals surface area contributed by atoms with E-state index in [-0.39, 0.29) is 0 Å². The average molecular weight is 220 g/mol. The molecular formula is C12H10F2N2. The first-order chi connectivity index (χ1) is 7.58. The van der Waals surface area contributed by atoms with E-state index in [0.29, 0.717) is 16.9 Å². The second kappa shape index (κ2) is 3.89. The number of aromatic nitrogens is 1. The van der Waals surface area contributed by atoms with Crippen LogP contribution >= 0.6 is 0 Å². The molecule has 2 rings (SSSR count). The van der Waals surface area contributed by atoms with E-state index in [1.165, 1.54) is 6.07 Å². The highest BCUT2D eigenvalue weighted by Gasteiger charge is 2.08. The summed E-state index contributed by atoms with van der Waals surface area (Å²) >= 11 is 0. The quantitative estimate of drug-likeness (QED) is 0.802. The minimum atomic E-state index is -0.903. The Labute approximate surface area is 91.7 Å². The van der Waals surface area contributed by atoms with Gasteiger partial charge in [0.2, 0.25) is 0 Å². The van der Waals surface area contributed by atoms with Crippen LogP contribution in [0.25, 0.3) is 11.3 Å². The molecule has 0 bridgehead atoms. The van der Waals surface area contributed by atoms with Crippen LogP contribution < -0.4 is 5.73 Å². The van der Waals surface area contributed by atoms with Crippen molar-refractivity contribution in [3.8, 4) is 11.3 Å². The standard InChI is InChI=1S/C12H10F2N2/c1-7-4-11(15)12(16-6-7)8-2-3-9(13)10(14)5-8/h2-6H,15H2,1H3. The summed E-state index contributed by atoms with van der Waals surface area (Å²) in [4.78, 5) is 4.10. The number of aryl methyl sites for hydroxylation is 1. The summed E-state index contributed by atoms with van der Waals surface area (Å²) in [5.74, 6) is -1.78. The predicted molar refractivity (Wildman–Crippen MR) is 58.7 cm³/mol. The average Bonchev–Trinajstić information content (AvgIpc) is 2.22. The van der Waals surface area contributed by atoms with Crippen molar-refractivity contribution in [2.24, 2.45) is 0 Å². The maximum atomic E-state index is 13.0. The van der Waals surface area contributed by atoms with Crippen LogP contribution in [-0.2, 0) is 0 Å². The van der Waals surface area contributed by atoms with Crippen LogP contribution in [-0.4, -0.2) is 4.98 Å². The molecule has 1 aromatic carbocycles. The molecule has 1 aromatic heterocycles. The van der Waals surface area contributed by atoms with Crippen molar-refractivity contribution in [3.05, 3.63) is 47.7 Å². The normalized spacial score (nSPS) is 10.4. The van der Waals surface area contributed by atoms with Gasteiger partial charge in [-0.05, 0) is 36.8 Å².